The number of aryl methyl sites for hydroxylation is 1. The van der Waals surface area contributed by atoms with Gasteiger partial charge in [0.1, 0.15) is 0 Å². The smallest absolute Gasteiger partial charge is 0.231 e. The number of benzene rings is 1. The Morgan fingerprint density at radius 3 is 2.88 bits per heavy atom. The summed E-state index contributed by atoms with van der Waals surface area (Å²) in [6.45, 7) is 4.53. The number of fused-ring (bicyclic) bond motifs is 1. The molecule has 1 aliphatic rings. The van der Waals surface area contributed by atoms with E-state index >= 15 is 0 Å². The Balaban J connectivity index is 0.00000208. The Hall–Kier alpha value is -1.97. The van der Waals surface area contributed by atoms with E-state index in [4.69, 9.17) is 9.47 Å². The molecular weight excluding hydrogens is 421 g/mol. The summed E-state index contributed by atoms with van der Waals surface area (Å²) in [7, 11) is 1.76. The molecule has 0 saturated heterocycles. The zero-order valence-electron chi connectivity index (χ0n) is 13.8. The minimum absolute atomic E-state index is 0. The topological polar surface area (TPSA) is 72.7 Å². The van der Waals surface area contributed by atoms with Gasteiger partial charge in [-0.2, -0.15) is 5.10 Å². The van der Waals surface area contributed by atoms with Crippen molar-refractivity contribution in [2.24, 2.45) is 4.99 Å². The minimum Gasteiger partial charge on any atom is -0.454 e. The number of aromatic nitrogens is 2. The monoisotopic (exact) mass is 443 g/mol. The second kappa shape index (κ2) is 8.76. The lowest BCUT2D eigenvalue weighted by molar-refractivity contribution is 0.174. The van der Waals surface area contributed by atoms with Crippen molar-refractivity contribution in [3.63, 3.8) is 0 Å². The molecule has 3 rings (SSSR count). The normalized spacial score (nSPS) is 12.7. The number of hydrogen-bond acceptors (Lipinski definition) is 4. The highest BCUT2D eigenvalue weighted by molar-refractivity contribution is 14.0. The number of hydrogen-bond donors (Lipinski definition) is 2. The Bertz CT molecular complexity index is 702. The molecule has 0 aliphatic carbocycles. The highest BCUT2D eigenvalue weighted by atomic mass is 127. The molecule has 1 aliphatic heterocycles. The Kier molecular flexibility index (Phi) is 6.71. The van der Waals surface area contributed by atoms with Crippen molar-refractivity contribution in [3.8, 4) is 11.5 Å². The van der Waals surface area contributed by atoms with Crippen LogP contribution in [0.5, 0.6) is 11.5 Å². The molecule has 1 aromatic carbocycles. The Labute approximate surface area is 158 Å². The molecule has 0 atom stereocenters. The van der Waals surface area contributed by atoms with Gasteiger partial charge in [-0.1, -0.05) is 6.07 Å². The van der Waals surface area contributed by atoms with E-state index in [1.165, 1.54) is 0 Å². The standard InChI is InChI=1S/C16H21N5O2.HI/c1-12-8-20-21(10-12)6-5-18-16(17-2)19-9-13-3-4-14-15(7-13)23-11-22-14;/h3-4,7-8,10H,5-6,9,11H2,1-2H3,(H2,17,18,19);1H. The molecule has 0 fully saturated rings. The zero-order valence-corrected chi connectivity index (χ0v) is 16.1. The third kappa shape index (κ3) is 4.76. The highest BCUT2D eigenvalue weighted by Gasteiger charge is 2.13. The first-order chi connectivity index (χ1) is 11.2. The van der Waals surface area contributed by atoms with Crippen LogP contribution in [0.3, 0.4) is 0 Å². The van der Waals surface area contributed by atoms with E-state index in [2.05, 4.69) is 20.7 Å². The molecule has 0 amide bonds. The summed E-state index contributed by atoms with van der Waals surface area (Å²) in [4.78, 5) is 4.22. The van der Waals surface area contributed by atoms with Gasteiger partial charge in [0.2, 0.25) is 6.79 Å². The van der Waals surface area contributed by atoms with Crippen LogP contribution in [0.1, 0.15) is 11.1 Å². The fourth-order valence-electron chi connectivity index (χ4n) is 2.34. The highest BCUT2D eigenvalue weighted by Crippen LogP contribution is 2.32. The number of nitrogens with one attached hydrogen (secondary N) is 2. The molecule has 24 heavy (non-hydrogen) atoms. The summed E-state index contributed by atoms with van der Waals surface area (Å²) in [5.74, 6) is 2.35. The molecule has 0 radical (unpaired) electrons. The van der Waals surface area contributed by atoms with Gasteiger partial charge in [-0.25, -0.2) is 0 Å². The van der Waals surface area contributed by atoms with Crippen molar-refractivity contribution in [3.05, 3.63) is 41.7 Å². The number of nitrogens with zero attached hydrogens (tertiary/aromatic N) is 3. The van der Waals surface area contributed by atoms with E-state index < -0.39 is 0 Å². The second-order valence-electron chi connectivity index (χ2n) is 5.32. The van der Waals surface area contributed by atoms with Crippen molar-refractivity contribution in [2.75, 3.05) is 20.4 Å². The number of guanidine groups is 1. The molecule has 2 N–H and O–H groups in total. The lowest BCUT2D eigenvalue weighted by atomic mass is 10.2. The Morgan fingerprint density at radius 2 is 2.12 bits per heavy atom. The van der Waals surface area contributed by atoms with Crippen LogP contribution in [-0.4, -0.2) is 36.1 Å². The van der Waals surface area contributed by atoms with Gasteiger partial charge in [-0.15, -0.1) is 24.0 Å². The van der Waals surface area contributed by atoms with Crippen LogP contribution < -0.4 is 20.1 Å². The molecule has 2 aromatic rings. The van der Waals surface area contributed by atoms with Crippen molar-refractivity contribution in [2.45, 2.75) is 20.0 Å². The van der Waals surface area contributed by atoms with Gasteiger partial charge < -0.3 is 20.1 Å². The summed E-state index contributed by atoms with van der Waals surface area (Å²) < 4.78 is 12.6. The van der Waals surface area contributed by atoms with E-state index in [9.17, 15) is 0 Å². The van der Waals surface area contributed by atoms with E-state index in [1.807, 2.05) is 42.2 Å². The summed E-state index contributed by atoms with van der Waals surface area (Å²) in [6.07, 6.45) is 3.87. The maximum Gasteiger partial charge on any atom is 0.231 e. The number of ether oxygens (including phenoxy) is 2. The van der Waals surface area contributed by atoms with Gasteiger partial charge >= 0.3 is 0 Å². The summed E-state index contributed by atoms with van der Waals surface area (Å²) in [5.41, 5.74) is 2.27. The molecule has 0 saturated carbocycles. The lowest BCUT2D eigenvalue weighted by Gasteiger charge is -2.12. The average Bonchev–Trinajstić information content (AvgIpc) is 3.18. The van der Waals surface area contributed by atoms with E-state index in [1.54, 1.807) is 7.05 Å². The molecule has 8 heteroatoms. The van der Waals surface area contributed by atoms with Gasteiger partial charge in [0.15, 0.2) is 17.5 Å². The molecule has 2 heterocycles. The quantitative estimate of drug-likeness (QED) is 0.420. The van der Waals surface area contributed by atoms with Crippen LogP contribution in [0, 0.1) is 6.92 Å². The summed E-state index contributed by atoms with van der Waals surface area (Å²) in [6, 6.07) is 5.92. The van der Waals surface area contributed by atoms with Crippen LogP contribution in [0.2, 0.25) is 0 Å². The predicted molar refractivity (Wildman–Crippen MR) is 103 cm³/mol. The van der Waals surface area contributed by atoms with Crippen LogP contribution in [0.15, 0.2) is 35.6 Å². The lowest BCUT2D eigenvalue weighted by Crippen LogP contribution is -2.38. The third-order valence-electron chi connectivity index (χ3n) is 3.52. The molecule has 0 spiro atoms. The van der Waals surface area contributed by atoms with Crippen molar-refractivity contribution < 1.29 is 9.47 Å². The van der Waals surface area contributed by atoms with Gasteiger partial charge in [0.05, 0.1) is 12.7 Å². The first-order valence-corrected chi connectivity index (χ1v) is 7.57. The van der Waals surface area contributed by atoms with Crippen LogP contribution in [-0.2, 0) is 13.1 Å². The second-order valence-corrected chi connectivity index (χ2v) is 5.32. The molecule has 0 unspecified atom stereocenters. The van der Waals surface area contributed by atoms with Gasteiger partial charge in [0.25, 0.3) is 0 Å². The number of aliphatic imine (C=N–C) groups is 1. The predicted octanol–water partition coefficient (Wildman–Crippen LogP) is 1.90. The van der Waals surface area contributed by atoms with Crippen LogP contribution >= 0.6 is 24.0 Å². The number of rotatable bonds is 5. The fraction of sp³-hybridized carbons (Fsp3) is 0.375. The first kappa shape index (κ1) is 18.4. The zero-order chi connectivity index (χ0) is 16.1. The van der Waals surface area contributed by atoms with E-state index in [0.29, 0.717) is 13.3 Å². The Morgan fingerprint density at radius 1 is 1.29 bits per heavy atom. The largest absolute Gasteiger partial charge is 0.454 e. The maximum absolute atomic E-state index is 5.38. The molecule has 130 valence electrons. The molecule has 1 aromatic heterocycles. The van der Waals surface area contributed by atoms with Gasteiger partial charge in [-0.05, 0) is 30.2 Å². The fourth-order valence-corrected chi connectivity index (χ4v) is 2.34. The molecule has 7 nitrogen and oxygen atoms in total. The summed E-state index contributed by atoms with van der Waals surface area (Å²) in [5, 5.41) is 10.8. The van der Waals surface area contributed by atoms with Crippen LogP contribution in [0.4, 0.5) is 0 Å². The van der Waals surface area contributed by atoms with Crippen molar-refractivity contribution in [1.82, 2.24) is 20.4 Å². The van der Waals surface area contributed by atoms with E-state index in [-0.39, 0.29) is 24.0 Å². The molecular formula is C16H22IN5O2. The average molecular weight is 443 g/mol. The number of halogens is 1. The van der Waals surface area contributed by atoms with Gasteiger partial charge in [0, 0.05) is 26.3 Å². The van der Waals surface area contributed by atoms with Gasteiger partial charge in [-0.3, -0.25) is 9.67 Å². The first-order valence-electron chi connectivity index (χ1n) is 7.57. The third-order valence-corrected chi connectivity index (χ3v) is 3.52. The summed E-state index contributed by atoms with van der Waals surface area (Å²) >= 11 is 0. The minimum atomic E-state index is 0. The van der Waals surface area contributed by atoms with Crippen molar-refractivity contribution >= 4 is 29.9 Å². The SMILES string of the molecule is CN=C(NCCn1cc(C)cn1)NCc1ccc2c(c1)OCO2.I. The van der Waals surface area contributed by atoms with Crippen molar-refractivity contribution in [1.29, 1.82) is 0 Å². The molecule has 0 bridgehead atoms. The maximum atomic E-state index is 5.38. The van der Waals surface area contributed by atoms with E-state index in [0.717, 1.165) is 41.7 Å². The van der Waals surface area contributed by atoms with Crippen LogP contribution in [0.25, 0.3) is 0 Å².